The van der Waals surface area contributed by atoms with Crippen LogP contribution in [-0.2, 0) is 4.79 Å². The van der Waals surface area contributed by atoms with E-state index in [1.165, 1.54) is 18.2 Å². The molecule has 126 valence electrons. The minimum absolute atomic E-state index is 0.159. The number of hydrogen-bond acceptors (Lipinski definition) is 4. The van der Waals surface area contributed by atoms with E-state index in [9.17, 15) is 4.79 Å². The van der Waals surface area contributed by atoms with Crippen LogP contribution in [0.3, 0.4) is 0 Å². The highest BCUT2D eigenvalue weighted by Crippen LogP contribution is 2.26. The molecule has 4 nitrogen and oxygen atoms in total. The Bertz CT molecular complexity index is 699. The lowest BCUT2D eigenvalue weighted by Gasteiger charge is -2.28. The number of piperidine rings is 1. The van der Waals surface area contributed by atoms with Crippen molar-refractivity contribution in [2.45, 2.75) is 43.5 Å². The molecule has 1 saturated heterocycles. The van der Waals surface area contributed by atoms with Crippen molar-refractivity contribution < 1.29 is 4.79 Å². The molecule has 1 aliphatic heterocycles. The molecular weight excluding hydrogens is 318 g/mol. The highest BCUT2D eigenvalue weighted by atomic mass is 32.2. The summed E-state index contributed by atoms with van der Waals surface area (Å²) in [6.45, 7) is 5.69. The van der Waals surface area contributed by atoms with E-state index in [4.69, 9.17) is 0 Å². The lowest BCUT2D eigenvalue weighted by Crippen LogP contribution is -2.40. The van der Waals surface area contributed by atoms with Crippen molar-refractivity contribution in [3.63, 3.8) is 0 Å². The van der Waals surface area contributed by atoms with Crippen LogP contribution in [0.4, 0.5) is 0 Å². The van der Waals surface area contributed by atoms with Crippen molar-refractivity contribution in [2.24, 2.45) is 0 Å². The summed E-state index contributed by atoms with van der Waals surface area (Å²) in [5, 5.41) is 0.514. The van der Waals surface area contributed by atoms with Gasteiger partial charge in [-0.05, 0) is 39.2 Å². The third-order valence-corrected chi connectivity index (χ3v) is 5.15. The molecule has 0 N–H and O–H groups in total. The molecule has 1 amide bonds. The summed E-state index contributed by atoms with van der Waals surface area (Å²) in [6, 6.07) is 12.1. The maximum atomic E-state index is 12.6. The first-order valence-electron chi connectivity index (χ1n) is 8.50. The van der Waals surface area contributed by atoms with Gasteiger partial charge in [-0.25, -0.2) is 9.97 Å². The van der Waals surface area contributed by atoms with Crippen LogP contribution in [0, 0.1) is 6.92 Å². The second-order valence-electron chi connectivity index (χ2n) is 6.19. The number of rotatable bonds is 4. The highest BCUT2D eigenvalue weighted by molar-refractivity contribution is 8.00. The molecule has 3 rings (SSSR count). The molecule has 2 heterocycles. The maximum Gasteiger partial charge on any atom is 0.235 e. The summed E-state index contributed by atoms with van der Waals surface area (Å²) in [4.78, 5) is 23.7. The minimum atomic E-state index is -0.159. The second kappa shape index (κ2) is 7.79. The Morgan fingerprint density at radius 3 is 2.54 bits per heavy atom. The molecular formula is C19H23N3OS. The van der Waals surface area contributed by atoms with Crippen molar-refractivity contribution in [2.75, 3.05) is 13.1 Å². The van der Waals surface area contributed by atoms with Gasteiger partial charge in [0.05, 0.1) is 10.9 Å². The fourth-order valence-corrected chi connectivity index (χ4v) is 3.84. The fourth-order valence-electron chi connectivity index (χ4n) is 2.93. The van der Waals surface area contributed by atoms with E-state index in [0.717, 1.165) is 42.9 Å². The van der Waals surface area contributed by atoms with Crippen molar-refractivity contribution in [1.29, 1.82) is 0 Å². The molecule has 1 aliphatic rings. The molecule has 0 saturated carbocycles. The second-order valence-corrected chi connectivity index (χ2v) is 7.50. The summed E-state index contributed by atoms with van der Waals surface area (Å²) in [5.74, 6) is 0.200. The van der Waals surface area contributed by atoms with E-state index < -0.39 is 0 Å². The average molecular weight is 341 g/mol. The number of likely N-dealkylation sites (tertiary alicyclic amines) is 1. The Balaban J connectivity index is 1.74. The van der Waals surface area contributed by atoms with Crippen LogP contribution < -0.4 is 0 Å². The molecule has 0 aliphatic carbocycles. The molecule has 0 spiro atoms. The van der Waals surface area contributed by atoms with Crippen molar-refractivity contribution in [3.05, 3.63) is 42.1 Å². The number of carbonyl (C=O) groups excluding carboxylic acids is 1. The van der Waals surface area contributed by atoms with Gasteiger partial charge >= 0.3 is 0 Å². The highest BCUT2D eigenvalue weighted by Gasteiger charge is 2.24. The number of thioether (sulfide) groups is 1. The van der Waals surface area contributed by atoms with Gasteiger partial charge in [0, 0.05) is 24.3 Å². The predicted molar refractivity (Wildman–Crippen MR) is 98.0 cm³/mol. The number of benzene rings is 1. The van der Waals surface area contributed by atoms with Gasteiger partial charge in [-0.2, -0.15) is 0 Å². The Kier molecular flexibility index (Phi) is 5.51. The molecule has 24 heavy (non-hydrogen) atoms. The topological polar surface area (TPSA) is 46.1 Å². The van der Waals surface area contributed by atoms with Crippen LogP contribution >= 0.6 is 11.8 Å². The third kappa shape index (κ3) is 4.15. The van der Waals surface area contributed by atoms with Crippen LogP contribution in [0.5, 0.6) is 0 Å². The summed E-state index contributed by atoms with van der Waals surface area (Å²) in [7, 11) is 0. The maximum absolute atomic E-state index is 12.6. The van der Waals surface area contributed by atoms with E-state index in [0.29, 0.717) is 5.16 Å². The fraction of sp³-hybridized carbons (Fsp3) is 0.421. The minimum Gasteiger partial charge on any atom is -0.342 e. The number of nitrogens with zero attached hydrogens (tertiary/aromatic N) is 3. The Hall–Kier alpha value is -1.88. The summed E-state index contributed by atoms with van der Waals surface area (Å²) < 4.78 is 0. The van der Waals surface area contributed by atoms with E-state index in [1.54, 1.807) is 0 Å². The molecule has 0 bridgehead atoms. The molecule has 2 aromatic rings. The quantitative estimate of drug-likeness (QED) is 0.624. The Morgan fingerprint density at radius 1 is 1.12 bits per heavy atom. The molecule has 1 atom stereocenters. The zero-order chi connectivity index (χ0) is 16.9. The van der Waals surface area contributed by atoms with Crippen LogP contribution in [-0.4, -0.2) is 39.1 Å². The van der Waals surface area contributed by atoms with E-state index >= 15 is 0 Å². The standard InChI is InChI=1S/C19H23N3OS/c1-14-13-17(16-9-5-3-6-10-16)21-19(20-14)24-15(2)18(23)22-11-7-4-8-12-22/h3,5-6,9-10,13,15H,4,7-8,11-12H2,1-2H3/t15-/m1/s1. The zero-order valence-corrected chi connectivity index (χ0v) is 15.1. The molecule has 0 radical (unpaired) electrons. The number of aryl methyl sites for hydroxylation is 1. The van der Waals surface area contributed by atoms with Gasteiger partial charge < -0.3 is 4.90 Å². The van der Waals surface area contributed by atoms with Crippen LogP contribution in [0.25, 0.3) is 11.3 Å². The number of aromatic nitrogens is 2. The molecule has 0 unspecified atom stereocenters. The van der Waals surface area contributed by atoms with Gasteiger partial charge in [0.1, 0.15) is 0 Å². The van der Waals surface area contributed by atoms with Gasteiger partial charge in [-0.15, -0.1) is 0 Å². The number of carbonyl (C=O) groups is 1. The molecule has 1 aromatic carbocycles. The van der Waals surface area contributed by atoms with Gasteiger partial charge in [0.2, 0.25) is 5.91 Å². The van der Waals surface area contributed by atoms with Gasteiger partial charge in [0.15, 0.2) is 5.16 Å². The van der Waals surface area contributed by atoms with E-state index in [1.807, 2.05) is 55.1 Å². The Labute approximate surface area is 147 Å². The molecule has 1 aromatic heterocycles. The average Bonchev–Trinajstić information content (AvgIpc) is 2.62. The third-order valence-electron chi connectivity index (χ3n) is 4.20. The smallest absolute Gasteiger partial charge is 0.235 e. The predicted octanol–water partition coefficient (Wildman–Crippen LogP) is 3.95. The number of amides is 1. The zero-order valence-electron chi connectivity index (χ0n) is 14.2. The Morgan fingerprint density at radius 2 is 1.83 bits per heavy atom. The SMILES string of the molecule is Cc1cc(-c2ccccc2)nc(S[C@H](C)C(=O)N2CCCCC2)n1. The lowest BCUT2D eigenvalue weighted by atomic mass is 10.1. The van der Waals surface area contributed by atoms with Gasteiger partial charge in [-0.3, -0.25) is 4.79 Å². The van der Waals surface area contributed by atoms with E-state index in [-0.39, 0.29) is 11.2 Å². The first-order chi connectivity index (χ1) is 11.6. The van der Waals surface area contributed by atoms with Gasteiger partial charge in [-0.1, -0.05) is 42.1 Å². The molecule has 1 fully saturated rings. The molecule has 5 heteroatoms. The largest absolute Gasteiger partial charge is 0.342 e. The van der Waals surface area contributed by atoms with Gasteiger partial charge in [0.25, 0.3) is 0 Å². The van der Waals surface area contributed by atoms with Crippen molar-refractivity contribution >= 4 is 17.7 Å². The normalized spacial score (nSPS) is 16.0. The van der Waals surface area contributed by atoms with Crippen molar-refractivity contribution in [3.8, 4) is 11.3 Å². The number of hydrogen-bond donors (Lipinski definition) is 0. The summed E-state index contributed by atoms with van der Waals surface area (Å²) >= 11 is 1.45. The first kappa shape index (κ1) is 17.0. The lowest BCUT2D eigenvalue weighted by molar-refractivity contribution is -0.131. The van der Waals surface area contributed by atoms with Crippen LogP contribution in [0.2, 0.25) is 0 Å². The van der Waals surface area contributed by atoms with Crippen LogP contribution in [0.15, 0.2) is 41.6 Å². The van der Waals surface area contributed by atoms with Crippen molar-refractivity contribution in [1.82, 2.24) is 14.9 Å². The summed E-state index contributed by atoms with van der Waals surface area (Å²) in [6.07, 6.45) is 3.46. The van der Waals surface area contributed by atoms with E-state index in [2.05, 4.69) is 9.97 Å². The monoisotopic (exact) mass is 341 g/mol. The summed E-state index contributed by atoms with van der Waals surface area (Å²) in [5.41, 5.74) is 2.90. The first-order valence-corrected chi connectivity index (χ1v) is 9.38. The van der Waals surface area contributed by atoms with Crippen LogP contribution in [0.1, 0.15) is 31.9 Å².